The van der Waals surface area contributed by atoms with Crippen LogP contribution >= 0.6 is 0 Å². The molecule has 1 fully saturated rings. The highest BCUT2D eigenvalue weighted by atomic mass is 16.5. The molecule has 0 bridgehead atoms. The lowest BCUT2D eigenvalue weighted by Gasteiger charge is -2.25. The number of anilines is 1. The average molecular weight is 375 g/mol. The Labute approximate surface area is 156 Å². The summed E-state index contributed by atoms with van der Waals surface area (Å²) in [5.41, 5.74) is 0.536. The molecule has 3 rings (SSSR count). The minimum absolute atomic E-state index is 0.0994. The van der Waals surface area contributed by atoms with E-state index in [9.17, 15) is 19.2 Å². The van der Waals surface area contributed by atoms with E-state index in [1.54, 1.807) is 24.3 Å². The molecule has 0 spiro atoms. The SMILES string of the molecule is CN(CC(=O)NC1CC1)C(=O)COC(=O)C[C@H]1Oc2ccccc2NC1=O. The van der Waals surface area contributed by atoms with Gasteiger partial charge in [0.1, 0.15) is 5.75 Å². The maximum atomic E-state index is 12.0. The second-order valence-electron chi connectivity index (χ2n) is 6.55. The van der Waals surface area contributed by atoms with Crippen molar-refractivity contribution >= 4 is 29.4 Å². The van der Waals surface area contributed by atoms with Crippen molar-refractivity contribution in [2.24, 2.45) is 0 Å². The fraction of sp³-hybridized carbons (Fsp3) is 0.444. The monoisotopic (exact) mass is 375 g/mol. The molecule has 1 aliphatic heterocycles. The molecule has 1 aromatic carbocycles. The van der Waals surface area contributed by atoms with Gasteiger partial charge in [-0.15, -0.1) is 0 Å². The molecule has 144 valence electrons. The molecule has 27 heavy (non-hydrogen) atoms. The topological polar surface area (TPSA) is 114 Å². The van der Waals surface area contributed by atoms with Crippen LogP contribution in [0.5, 0.6) is 5.75 Å². The summed E-state index contributed by atoms with van der Waals surface area (Å²) in [6, 6.07) is 7.09. The molecular formula is C18H21N3O6. The van der Waals surface area contributed by atoms with Gasteiger partial charge in [0, 0.05) is 13.1 Å². The Kier molecular flexibility index (Phi) is 5.58. The number of rotatable bonds is 7. The summed E-state index contributed by atoms with van der Waals surface area (Å²) >= 11 is 0. The van der Waals surface area contributed by atoms with E-state index in [0.29, 0.717) is 11.4 Å². The Morgan fingerprint density at radius 3 is 2.78 bits per heavy atom. The molecule has 1 aliphatic carbocycles. The molecule has 1 heterocycles. The number of carbonyl (C=O) groups is 4. The van der Waals surface area contributed by atoms with Gasteiger partial charge in [-0.25, -0.2) is 0 Å². The van der Waals surface area contributed by atoms with Crippen LogP contribution in [-0.4, -0.2) is 60.9 Å². The highest BCUT2D eigenvalue weighted by molar-refractivity contribution is 5.99. The van der Waals surface area contributed by atoms with E-state index in [1.165, 1.54) is 11.9 Å². The molecule has 9 nitrogen and oxygen atoms in total. The lowest BCUT2D eigenvalue weighted by Crippen LogP contribution is -2.41. The zero-order valence-corrected chi connectivity index (χ0v) is 14.9. The van der Waals surface area contributed by atoms with Gasteiger partial charge in [0.2, 0.25) is 5.91 Å². The van der Waals surface area contributed by atoms with Crippen LogP contribution < -0.4 is 15.4 Å². The van der Waals surface area contributed by atoms with Crippen LogP contribution in [0.1, 0.15) is 19.3 Å². The number of hydrogen-bond donors (Lipinski definition) is 2. The number of benzene rings is 1. The molecule has 1 saturated carbocycles. The van der Waals surface area contributed by atoms with Gasteiger partial charge < -0.3 is 25.0 Å². The van der Waals surface area contributed by atoms with Crippen LogP contribution in [0.2, 0.25) is 0 Å². The van der Waals surface area contributed by atoms with Crippen LogP contribution in [0.25, 0.3) is 0 Å². The van der Waals surface area contributed by atoms with Gasteiger partial charge in [0.15, 0.2) is 12.7 Å². The van der Waals surface area contributed by atoms with Crippen LogP contribution in [0, 0.1) is 0 Å². The van der Waals surface area contributed by atoms with Gasteiger partial charge >= 0.3 is 5.97 Å². The van der Waals surface area contributed by atoms with E-state index in [1.807, 2.05) is 0 Å². The number of nitrogens with one attached hydrogen (secondary N) is 2. The number of ether oxygens (including phenoxy) is 2. The lowest BCUT2D eigenvalue weighted by molar-refractivity contribution is -0.154. The average Bonchev–Trinajstić information content (AvgIpc) is 3.44. The van der Waals surface area contributed by atoms with Crippen molar-refractivity contribution in [3.05, 3.63) is 24.3 Å². The normalized spacial score (nSPS) is 17.8. The number of amides is 3. The van der Waals surface area contributed by atoms with Crippen molar-refractivity contribution in [1.82, 2.24) is 10.2 Å². The van der Waals surface area contributed by atoms with Gasteiger partial charge in [-0.2, -0.15) is 0 Å². The first-order valence-electron chi connectivity index (χ1n) is 8.68. The summed E-state index contributed by atoms with van der Waals surface area (Å²) in [5, 5.41) is 5.42. The largest absolute Gasteiger partial charge is 0.478 e. The molecule has 0 aromatic heterocycles. The number of para-hydroxylation sites is 2. The maximum Gasteiger partial charge on any atom is 0.310 e. The molecule has 0 saturated heterocycles. The van der Waals surface area contributed by atoms with Crippen LogP contribution in [0.3, 0.4) is 0 Å². The first-order chi connectivity index (χ1) is 12.9. The quantitative estimate of drug-likeness (QED) is 0.651. The molecule has 0 radical (unpaired) electrons. The van der Waals surface area contributed by atoms with Crippen LogP contribution in [-0.2, 0) is 23.9 Å². The second-order valence-corrected chi connectivity index (χ2v) is 6.55. The summed E-state index contributed by atoms with van der Waals surface area (Å²) in [7, 11) is 1.46. The number of fused-ring (bicyclic) bond motifs is 1. The number of likely N-dealkylation sites (N-methyl/N-ethyl adjacent to an activating group) is 1. The number of nitrogens with zero attached hydrogens (tertiary/aromatic N) is 1. The Bertz CT molecular complexity index is 761. The van der Waals surface area contributed by atoms with Crippen LogP contribution in [0.4, 0.5) is 5.69 Å². The van der Waals surface area contributed by atoms with E-state index < -0.39 is 30.5 Å². The van der Waals surface area contributed by atoms with Gasteiger partial charge in [0.05, 0.1) is 18.7 Å². The standard InChI is InChI=1S/C18H21N3O6/c1-21(9-15(22)19-11-6-7-11)16(23)10-26-17(24)8-14-18(25)20-12-4-2-3-5-13(12)27-14/h2-5,11,14H,6-10H2,1H3,(H,19,22)(H,20,25)/t14-/m1/s1. The summed E-state index contributed by atoms with van der Waals surface area (Å²) in [5.74, 6) is -1.48. The molecular weight excluding hydrogens is 354 g/mol. The van der Waals surface area contributed by atoms with Crippen molar-refractivity contribution in [2.45, 2.75) is 31.4 Å². The van der Waals surface area contributed by atoms with Crippen molar-refractivity contribution in [3.63, 3.8) is 0 Å². The molecule has 9 heteroatoms. The second kappa shape index (κ2) is 8.07. The molecule has 1 atom stereocenters. The predicted molar refractivity (Wildman–Crippen MR) is 93.9 cm³/mol. The van der Waals surface area contributed by atoms with E-state index in [-0.39, 0.29) is 24.9 Å². The lowest BCUT2D eigenvalue weighted by atomic mass is 10.1. The predicted octanol–water partition coefficient (Wildman–Crippen LogP) is 0.0564. The summed E-state index contributed by atoms with van der Waals surface area (Å²) < 4.78 is 10.4. The Balaban J connectivity index is 1.41. The fourth-order valence-electron chi connectivity index (χ4n) is 2.49. The highest BCUT2D eigenvalue weighted by Gasteiger charge is 2.30. The van der Waals surface area contributed by atoms with Crippen molar-refractivity contribution < 1.29 is 28.7 Å². The van der Waals surface area contributed by atoms with Crippen LogP contribution in [0.15, 0.2) is 24.3 Å². The molecule has 1 aromatic rings. The van der Waals surface area contributed by atoms with E-state index in [4.69, 9.17) is 9.47 Å². The third-order valence-corrected chi connectivity index (χ3v) is 4.16. The third kappa shape index (κ3) is 5.19. The van der Waals surface area contributed by atoms with E-state index in [2.05, 4.69) is 10.6 Å². The zero-order chi connectivity index (χ0) is 19.4. The first-order valence-corrected chi connectivity index (χ1v) is 8.68. The Morgan fingerprint density at radius 2 is 2.04 bits per heavy atom. The van der Waals surface area contributed by atoms with Gasteiger partial charge in [0.25, 0.3) is 11.8 Å². The minimum atomic E-state index is -1.02. The first kappa shape index (κ1) is 18.7. The van der Waals surface area contributed by atoms with Crippen molar-refractivity contribution in [3.8, 4) is 5.75 Å². The zero-order valence-electron chi connectivity index (χ0n) is 14.9. The fourth-order valence-corrected chi connectivity index (χ4v) is 2.49. The smallest absolute Gasteiger partial charge is 0.310 e. The maximum absolute atomic E-state index is 12.0. The number of hydrogen-bond acceptors (Lipinski definition) is 6. The highest BCUT2D eigenvalue weighted by Crippen LogP contribution is 2.29. The molecule has 2 aliphatic rings. The van der Waals surface area contributed by atoms with Crippen molar-refractivity contribution in [1.29, 1.82) is 0 Å². The van der Waals surface area contributed by atoms with Gasteiger partial charge in [-0.1, -0.05) is 12.1 Å². The van der Waals surface area contributed by atoms with Gasteiger partial charge in [-0.3, -0.25) is 19.2 Å². The molecule has 0 unspecified atom stereocenters. The summed E-state index contributed by atoms with van der Waals surface area (Å²) in [6.45, 7) is -0.602. The summed E-state index contributed by atoms with van der Waals surface area (Å²) in [6.07, 6.45) is 0.578. The van der Waals surface area contributed by atoms with E-state index >= 15 is 0 Å². The van der Waals surface area contributed by atoms with Gasteiger partial charge in [-0.05, 0) is 25.0 Å². The minimum Gasteiger partial charge on any atom is -0.478 e. The molecule has 3 amide bonds. The van der Waals surface area contributed by atoms with Crippen molar-refractivity contribution in [2.75, 3.05) is 25.5 Å². The number of esters is 1. The van der Waals surface area contributed by atoms with E-state index in [0.717, 1.165) is 12.8 Å². The Hall–Kier alpha value is -3.10. The number of carbonyl (C=O) groups excluding carboxylic acids is 4. The summed E-state index contributed by atoms with van der Waals surface area (Å²) in [4.78, 5) is 48.7. The third-order valence-electron chi connectivity index (χ3n) is 4.16. The Morgan fingerprint density at radius 1 is 1.30 bits per heavy atom. The molecule has 2 N–H and O–H groups in total.